The van der Waals surface area contributed by atoms with Crippen LogP contribution < -0.4 is 5.32 Å². The standard InChI is InChI=1S/C16H28N2/c1-5-7-11-18(4)13-16(17-6-2)15-10-8-9-14(3)12-15/h8-10,12,16-17H,5-7,11,13H2,1-4H3. The molecule has 0 fully saturated rings. The molecule has 1 N–H and O–H groups in total. The van der Waals surface area contributed by atoms with Gasteiger partial charge in [-0.2, -0.15) is 0 Å². The summed E-state index contributed by atoms with van der Waals surface area (Å²) in [6.45, 7) is 9.86. The van der Waals surface area contributed by atoms with Crippen molar-refractivity contribution in [1.82, 2.24) is 10.2 Å². The molecule has 0 aromatic heterocycles. The van der Waals surface area contributed by atoms with Crippen LogP contribution in [-0.2, 0) is 0 Å². The van der Waals surface area contributed by atoms with Crippen molar-refractivity contribution in [2.45, 2.75) is 39.7 Å². The molecule has 0 radical (unpaired) electrons. The summed E-state index contributed by atoms with van der Waals surface area (Å²) < 4.78 is 0. The number of hydrogen-bond acceptors (Lipinski definition) is 2. The molecule has 1 rings (SSSR count). The van der Waals surface area contributed by atoms with Crippen molar-refractivity contribution in [2.75, 3.05) is 26.7 Å². The van der Waals surface area contributed by atoms with E-state index >= 15 is 0 Å². The van der Waals surface area contributed by atoms with E-state index in [1.54, 1.807) is 0 Å². The molecule has 0 aliphatic carbocycles. The van der Waals surface area contributed by atoms with Gasteiger partial charge in [0, 0.05) is 12.6 Å². The summed E-state index contributed by atoms with van der Waals surface area (Å²) in [7, 11) is 2.22. The van der Waals surface area contributed by atoms with Gasteiger partial charge in [-0.15, -0.1) is 0 Å². The van der Waals surface area contributed by atoms with Gasteiger partial charge < -0.3 is 10.2 Å². The normalized spacial score (nSPS) is 12.9. The van der Waals surface area contributed by atoms with E-state index in [4.69, 9.17) is 0 Å². The number of rotatable bonds is 8. The zero-order chi connectivity index (χ0) is 13.4. The van der Waals surface area contributed by atoms with E-state index in [0.29, 0.717) is 6.04 Å². The van der Waals surface area contributed by atoms with E-state index in [1.807, 2.05) is 0 Å². The molecule has 0 saturated carbocycles. The van der Waals surface area contributed by atoms with Crippen LogP contribution in [0, 0.1) is 6.92 Å². The van der Waals surface area contributed by atoms with Crippen LogP contribution in [0.2, 0.25) is 0 Å². The average Bonchev–Trinajstić information content (AvgIpc) is 2.36. The second kappa shape index (κ2) is 8.28. The summed E-state index contributed by atoms with van der Waals surface area (Å²) in [5.74, 6) is 0. The molecule has 1 unspecified atom stereocenters. The number of likely N-dealkylation sites (N-methyl/N-ethyl adjacent to an activating group) is 2. The summed E-state index contributed by atoms with van der Waals surface area (Å²) in [5, 5.41) is 3.59. The SMILES string of the molecule is CCCCN(C)CC(NCC)c1cccc(C)c1. The predicted molar refractivity (Wildman–Crippen MR) is 80.0 cm³/mol. The minimum atomic E-state index is 0.441. The molecule has 0 amide bonds. The van der Waals surface area contributed by atoms with Crippen molar-refractivity contribution in [1.29, 1.82) is 0 Å². The van der Waals surface area contributed by atoms with Crippen molar-refractivity contribution < 1.29 is 0 Å². The van der Waals surface area contributed by atoms with Gasteiger partial charge in [-0.3, -0.25) is 0 Å². The maximum Gasteiger partial charge on any atom is 0.0449 e. The monoisotopic (exact) mass is 248 g/mol. The average molecular weight is 248 g/mol. The molecule has 0 heterocycles. The summed E-state index contributed by atoms with van der Waals surface area (Å²) >= 11 is 0. The minimum absolute atomic E-state index is 0.441. The van der Waals surface area contributed by atoms with Crippen molar-refractivity contribution in [3.05, 3.63) is 35.4 Å². The van der Waals surface area contributed by atoms with Crippen LogP contribution in [0.3, 0.4) is 0 Å². The van der Waals surface area contributed by atoms with Gasteiger partial charge in [0.25, 0.3) is 0 Å². The molecule has 0 saturated heterocycles. The molecule has 102 valence electrons. The van der Waals surface area contributed by atoms with E-state index in [1.165, 1.54) is 30.5 Å². The lowest BCUT2D eigenvalue weighted by Crippen LogP contribution is -2.33. The summed E-state index contributed by atoms with van der Waals surface area (Å²) in [6.07, 6.45) is 2.55. The Hall–Kier alpha value is -0.860. The van der Waals surface area contributed by atoms with Crippen LogP contribution in [0.5, 0.6) is 0 Å². The first-order valence-corrected chi connectivity index (χ1v) is 7.15. The Bertz CT molecular complexity index is 336. The number of benzene rings is 1. The Labute approximate surface area is 112 Å². The molecule has 2 nitrogen and oxygen atoms in total. The lowest BCUT2D eigenvalue weighted by molar-refractivity contribution is 0.288. The Balaban J connectivity index is 2.64. The van der Waals surface area contributed by atoms with Crippen molar-refractivity contribution in [3.63, 3.8) is 0 Å². The smallest absolute Gasteiger partial charge is 0.0449 e. The first-order valence-electron chi connectivity index (χ1n) is 7.15. The molecule has 2 heteroatoms. The van der Waals surface area contributed by atoms with Gasteiger partial charge in [-0.05, 0) is 39.0 Å². The second-order valence-corrected chi connectivity index (χ2v) is 5.14. The maximum atomic E-state index is 3.59. The molecule has 0 aliphatic rings. The zero-order valence-corrected chi connectivity index (χ0v) is 12.4. The van der Waals surface area contributed by atoms with Gasteiger partial charge in [0.2, 0.25) is 0 Å². The van der Waals surface area contributed by atoms with Gasteiger partial charge in [0.05, 0.1) is 0 Å². The van der Waals surface area contributed by atoms with Crippen LogP contribution in [0.1, 0.15) is 43.9 Å². The molecular formula is C16H28N2. The molecule has 0 spiro atoms. The van der Waals surface area contributed by atoms with Gasteiger partial charge in [0.15, 0.2) is 0 Å². The number of hydrogen-bond donors (Lipinski definition) is 1. The highest BCUT2D eigenvalue weighted by atomic mass is 15.1. The lowest BCUT2D eigenvalue weighted by atomic mass is 10.0. The van der Waals surface area contributed by atoms with E-state index in [-0.39, 0.29) is 0 Å². The highest BCUT2D eigenvalue weighted by Crippen LogP contribution is 2.15. The molecule has 0 bridgehead atoms. The van der Waals surface area contributed by atoms with Crippen LogP contribution in [0.4, 0.5) is 0 Å². The first-order chi connectivity index (χ1) is 8.67. The summed E-state index contributed by atoms with van der Waals surface area (Å²) in [4.78, 5) is 2.43. The third-order valence-corrected chi connectivity index (χ3v) is 3.28. The second-order valence-electron chi connectivity index (χ2n) is 5.14. The fraction of sp³-hybridized carbons (Fsp3) is 0.625. The third kappa shape index (κ3) is 5.19. The van der Waals surface area contributed by atoms with E-state index in [2.05, 4.69) is 62.3 Å². The fourth-order valence-electron chi connectivity index (χ4n) is 2.25. The highest BCUT2D eigenvalue weighted by Gasteiger charge is 2.12. The van der Waals surface area contributed by atoms with Crippen molar-refractivity contribution >= 4 is 0 Å². The summed E-state index contributed by atoms with van der Waals surface area (Å²) in [6, 6.07) is 9.28. The zero-order valence-electron chi connectivity index (χ0n) is 12.4. The molecule has 18 heavy (non-hydrogen) atoms. The molecule has 1 aromatic rings. The van der Waals surface area contributed by atoms with E-state index < -0.39 is 0 Å². The van der Waals surface area contributed by atoms with Gasteiger partial charge in [-0.25, -0.2) is 0 Å². The Morgan fingerprint density at radius 1 is 1.28 bits per heavy atom. The van der Waals surface area contributed by atoms with Gasteiger partial charge >= 0.3 is 0 Å². The van der Waals surface area contributed by atoms with E-state index in [9.17, 15) is 0 Å². The molecular weight excluding hydrogens is 220 g/mol. The van der Waals surface area contributed by atoms with Crippen LogP contribution in [0.25, 0.3) is 0 Å². The minimum Gasteiger partial charge on any atom is -0.309 e. The molecule has 0 aliphatic heterocycles. The Kier molecular flexibility index (Phi) is 6.99. The van der Waals surface area contributed by atoms with Crippen molar-refractivity contribution in [3.8, 4) is 0 Å². The maximum absolute atomic E-state index is 3.59. The first kappa shape index (κ1) is 15.2. The van der Waals surface area contributed by atoms with Gasteiger partial charge in [0.1, 0.15) is 0 Å². The van der Waals surface area contributed by atoms with Crippen LogP contribution in [0.15, 0.2) is 24.3 Å². The number of aryl methyl sites for hydroxylation is 1. The summed E-state index contributed by atoms with van der Waals surface area (Å²) in [5.41, 5.74) is 2.74. The quantitative estimate of drug-likeness (QED) is 0.759. The fourth-order valence-corrected chi connectivity index (χ4v) is 2.25. The molecule has 1 aromatic carbocycles. The van der Waals surface area contributed by atoms with Crippen LogP contribution in [-0.4, -0.2) is 31.6 Å². The van der Waals surface area contributed by atoms with Crippen LogP contribution >= 0.6 is 0 Å². The topological polar surface area (TPSA) is 15.3 Å². The molecule has 1 atom stereocenters. The third-order valence-electron chi connectivity index (χ3n) is 3.28. The van der Waals surface area contributed by atoms with Gasteiger partial charge in [-0.1, -0.05) is 50.1 Å². The highest BCUT2D eigenvalue weighted by molar-refractivity contribution is 5.25. The Morgan fingerprint density at radius 2 is 2.06 bits per heavy atom. The van der Waals surface area contributed by atoms with E-state index in [0.717, 1.165) is 13.1 Å². The number of nitrogens with zero attached hydrogens (tertiary/aromatic N) is 1. The number of nitrogens with one attached hydrogen (secondary N) is 1. The van der Waals surface area contributed by atoms with Crippen molar-refractivity contribution in [2.24, 2.45) is 0 Å². The number of unbranched alkanes of at least 4 members (excludes halogenated alkanes) is 1. The lowest BCUT2D eigenvalue weighted by Gasteiger charge is -2.25. The largest absolute Gasteiger partial charge is 0.309 e. The predicted octanol–water partition coefficient (Wildman–Crippen LogP) is 3.38. The Morgan fingerprint density at radius 3 is 2.67 bits per heavy atom.